The molecule has 1 saturated carbocycles. The lowest BCUT2D eigenvalue weighted by molar-refractivity contribution is -0.138. The molecule has 14 heteroatoms. The maximum atomic E-state index is 14.5. The molecule has 0 spiro atoms. The van der Waals surface area contributed by atoms with Crippen molar-refractivity contribution in [3.8, 4) is 5.75 Å². The number of carbonyl (C=O) groups is 3. The number of sulfonamides is 1. The van der Waals surface area contributed by atoms with Crippen LogP contribution in [-0.2, 0) is 37.5 Å². The van der Waals surface area contributed by atoms with Crippen LogP contribution in [0.15, 0.2) is 60.7 Å². The number of hydrogen-bond acceptors (Lipinski definition) is 7. The number of halogens is 2. The predicted octanol–water partition coefficient (Wildman–Crippen LogP) is 5.02. The van der Waals surface area contributed by atoms with Gasteiger partial charge in [0, 0.05) is 27.7 Å². The van der Waals surface area contributed by atoms with Crippen molar-refractivity contribution in [1.82, 2.24) is 15.1 Å². The zero-order valence-corrected chi connectivity index (χ0v) is 28.1. The number of carboxylic acids is 1. The number of hydrogen-bond donors (Lipinski definition) is 3. The predicted molar refractivity (Wildman–Crippen MR) is 176 cm³/mol. The average Bonchev–Trinajstić information content (AvgIpc) is 3.01. The van der Waals surface area contributed by atoms with Crippen LogP contribution < -0.4 is 14.9 Å². The van der Waals surface area contributed by atoms with Crippen molar-refractivity contribution in [1.29, 1.82) is 0 Å². The van der Waals surface area contributed by atoms with Crippen LogP contribution in [0.3, 0.4) is 0 Å². The van der Waals surface area contributed by atoms with Crippen LogP contribution in [0.25, 0.3) is 0 Å². The average molecular weight is 705 g/mol. The second-order valence-corrected chi connectivity index (χ2v) is 14.4. The molecule has 5 rings (SSSR count). The third kappa shape index (κ3) is 8.07. The fraction of sp³-hybridized carbons (Fsp3) is 0.364. The number of nitrogens with zero attached hydrogens (tertiary/aromatic N) is 1. The summed E-state index contributed by atoms with van der Waals surface area (Å²) >= 11 is 13.0. The second kappa shape index (κ2) is 14.6. The van der Waals surface area contributed by atoms with Crippen molar-refractivity contribution < 1.29 is 37.5 Å². The number of rotatable bonds is 11. The van der Waals surface area contributed by atoms with Crippen molar-refractivity contribution in [3.05, 3.63) is 98.5 Å². The number of hydroxylamine groups is 1. The molecule has 0 radical (unpaired) electrons. The Hall–Kier alpha value is -3.68. The Morgan fingerprint density at radius 3 is 2.34 bits per heavy atom. The SMILES string of the molecule is COc1ccc2c(c1)[C@@H](C(=O)NOCc1ccc(CC(=O)O)cc1)[C@H](c1ccc(Cl)cc1Cl)N(C1CCCC[C@@H]1NS(C)(=O)=O)C2=O. The molecule has 0 saturated heterocycles. The second-order valence-electron chi connectivity index (χ2n) is 11.7. The monoisotopic (exact) mass is 703 g/mol. The van der Waals surface area contributed by atoms with E-state index < -0.39 is 45.9 Å². The zero-order chi connectivity index (χ0) is 33.9. The molecular weight excluding hydrogens is 669 g/mol. The van der Waals surface area contributed by atoms with Gasteiger partial charge in [-0.15, -0.1) is 0 Å². The molecule has 2 aliphatic rings. The Labute approximate surface area is 283 Å². The summed E-state index contributed by atoms with van der Waals surface area (Å²) in [6, 6.07) is 14.3. The summed E-state index contributed by atoms with van der Waals surface area (Å²) in [6.07, 6.45) is 3.48. The molecular formula is C33H35Cl2N3O8S. The van der Waals surface area contributed by atoms with Crippen LogP contribution >= 0.6 is 23.2 Å². The third-order valence-corrected chi connectivity index (χ3v) is 9.77. The number of carboxylic acid groups (broad SMARTS) is 1. The van der Waals surface area contributed by atoms with E-state index in [4.69, 9.17) is 37.9 Å². The minimum absolute atomic E-state index is 0.0191. The number of benzene rings is 3. The summed E-state index contributed by atoms with van der Waals surface area (Å²) < 4.78 is 33.0. The maximum Gasteiger partial charge on any atom is 0.307 e. The van der Waals surface area contributed by atoms with Crippen LogP contribution in [0.1, 0.15) is 70.3 Å². The molecule has 1 aliphatic carbocycles. The number of methoxy groups -OCH3 is 1. The zero-order valence-electron chi connectivity index (χ0n) is 25.7. The van der Waals surface area contributed by atoms with Gasteiger partial charge in [-0.05, 0) is 65.4 Å². The Morgan fingerprint density at radius 2 is 1.68 bits per heavy atom. The van der Waals surface area contributed by atoms with Gasteiger partial charge < -0.3 is 14.7 Å². The normalized spacial score (nSPS) is 21.2. The van der Waals surface area contributed by atoms with Gasteiger partial charge in [-0.25, -0.2) is 18.6 Å². The quantitative estimate of drug-likeness (QED) is 0.236. The van der Waals surface area contributed by atoms with E-state index in [9.17, 15) is 22.8 Å². The lowest BCUT2D eigenvalue weighted by atomic mass is 9.76. The lowest BCUT2D eigenvalue weighted by Gasteiger charge is -2.49. The summed E-state index contributed by atoms with van der Waals surface area (Å²) in [6.45, 7) is -0.0191. The minimum Gasteiger partial charge on any atom is -0.497 e. The van der Waals surface area contributed by atoms with Crippen LogP contribution in [0, 0.1) is 0 Å². The van der Waals surface area contributed by atoms with Crippen LogP contribution in [0.5, 0.6) is 5.75 Å². The Morgan fingerprint density at radius 1 is 0.979 bits per heavy atom. The first-order valence-corrected chi connectivity index (χ1v) is 17.6. The molecule has 1 unspecified atom stereocenters. The van der Waals surface area contributed by atoms with Crippen LogP contribution in [-0.4, -0.2) is 61.7 Å². The molecule has 0 bridgehead atoms. The first-order chi connectivity index (χ1) is 22.4. The number of ether oxygens (including phenoxy) is 1. The molecule has 250 valence electrons. The molecule has 3 aromatic carbocycles. The van der Waals surface area contributed by atoms with Crippen molar-refractivity contribution in [2.45, 2.75) is 62.8 Å². The summed E-state index contributed by atoms with van der Waals surface area (Å²) in [4.78, 5) is 47.0. The number of fused-ring (bicyclic) bond motifs is 1. The first kappa shape index (κ1) is 34.6. The highest BCUT2D eigenvalue weighted by atomic mass is 35.5. The fourth-order valence-electron chi connectivity index (χ4n) is 6.47. The lowest BCUT2D eigenvalue weighted by Crippen LogP contribution is -2.59. The Kier molecular flexibility index (Phi) is 10.8. The Bertz CT molecular complexity index is 1770. The van der Waals surface area contributed by atoms with Gasteiger partial charge in [-0.2, -0.15) is 0 Å². The van der Waals surface area contributed by atoms with E-state index in [0.29, 0.717) is 45.9 Å². The highest BCUT2D eigenvalue weighted by molar-refractivity contribution is 7.88. The van der Waals surface area contributed by atoms with Gasteiger partial charge in [0.25, 0.3) is 11.8 Å². The first-order valence-electron chi connectivity index (χ1n) is 15.0. The van der Waals surface area contributed by atoms with Gasteiger partial charge in [0.2, 0.25) is 10.0 Å². The molecule has 4 atom stereocenters. The van der Waals surface area contributed by atoms with E-state index >= 15 is 0 Å². The molecule has 47 heavy (non-hydrogen) atoms. The number of amides is 2. The van der Waals surface area contributed by atoms with Gasteiger partial charge in [0.05, 0.1) is 38.4 Å². The summed E-state index contributed by atoms with van der Waals surface area (Å²) in [5.41, 5.74) is 4.98. The molecule has 3 aromatic rings. The topological polar surface area (TPSA) is 151 Å². The van der Waals surface area contributed by atoms with Gasteiger partial charge in [-0.3, -0.25) is 19.2 Å². The van der Waals surface area contributed by atoms with Gasteiger partial charge in [0.15, 0.2) is 0 Å². The molecule has 1 heterocycles. The van der Waals surface area contributed by atoms with Crippen molar-refractivity contribution in [2.75, 3.05) is 13.4 Å². The molecule has 0 aromatic heterocycles. The van der Waals surface area contributed by atoms with E-state index in [1.807, 2.05) is 0 Å². The molecule has 1 aliphatic heterocycles. The van der Waals surface area contributed by atoms with E-state index in [2.05, 4.69) is 10.2 Å². The van der Waals surface area contributed by atoms with E-state index in [0.717, 1.165) is 19.1 Å². The number of aliphatic carboxylic acids is 1. The van der Waals surface area contributed by atoms with E-state index in [1.165, 1.54) is 13.2 Å². The minimum atomic E-state index is -3.63. The maximum absolute atomic E-state index is 14.5. The van der Waals surface area contributed by atoms with Crippen LogP contribution in [0.4, 0.5) is 0 Å². The summed E-state index contributed by atoms with van der Waals surface area (Å²) in [7, 11) is -2.15. The molecule has 2 amide bonds. The Balaban J connectivity index is 1.56. The summed E-state index contributed by atoms with van der Waals surface area (Å²) in [5, 5.41) is 9.63. The number of carbonyl (C=O) groups excluding carboxylic acids is 2. The molecule has 3 N–H and O–H groups in total. The van der Waals surface area contributed by atoms with E-state index in [-0.39, 0.29) is 29.5 Å². The fourth-order valence-corrected chi connectivity index (χ4v) is 7.81. The van der Waals surface area contributed by atoms with Gasteiger partial charge >= 0.3 is 5.97 Å². The summed E-state index contributed by atoms with van der Waals surface area (Å²) in [5.74, 6) is -2.52. The van der Waals surface area contributed by atoms with Crippen molar-refractivity contribution >= 4 is 51.0 Å². The third-order valence-electron chi connectivity index (χ3n) is 8.48. The van der Waals surface area contributed by atoms with Crippen LogP contribution in [0.2, 0.25) is 10.0 Å². The number of nitrogens with one attached hydrogen (secondary N) is 2. The van der Waals surface area contributed by atoms with Gasteiger partial charge in [0.1, 0.15) is 5.75 Å². The smallest absolute Gasteiger partial charge is 0.307 e. The van der Waals surface area contributed by atoms with Crippen molar-refractivity contribution in [2.24, 2.45) is 0 Å². The largest absolute Gasteiger partial charge is 0.497 e. The highest BCUT2D eigenvalue weighted by Gasteiger charge is 2.49. The van der Waals surface area contributed by atoms with Crippen molar-refractivity contribution in [3.63, 3.8) is 0 Å². The molecule has 1 fully saturated rings. The molecule has 11 nitrogen and oxygen atoms in total. The van der Waals surface area contributed by atoms with E-state index in [1.54, 1.807) is 59.5 Å². The highest BCUT2D eigenvalue weighted by Crippen LogP contribution is 2.48. The standard InChI is InChI=1S/C33H35Cl2N3O8S/c1-45-22-12-14-23-25(17-22)30(32(41)36-46-18-20-9-7-19(8-10-20)15-29(39)40)31(24-13-11-21(34)16-26(24)35)38(33(23)42)28-6-4-3-5-27(28)37-47(2,43)44/h7-14,16-17,27-28,30-31,37H,3-6,15,18H2,1-2H3,(H,36,41)(H,39,40)/t27-,28?,30+,31-/m0/s1. The van der Waals surface area contributed by atoms with Gasteiger partial charge in [-0.1, -0.05) is 66.4 Å².